The summed E-state index contributed by atoms with van der Waals surface area (Å²) >= 11 is 0. The van der Waals surface area contributed by atoms with Crippen molar-refractivity contribution < 1.29 is 14.6 Å². The van der Waals surface area contributed by atoms with Crippen LogP contribution >= 0.6 is 0 Å². The molecule has 0 unspecified atom stereocenters. The van der Waals surface area contributed by atoms with E-state index in [1.165, 1.54) is 77.0 Å². The van der Waals surface area contributed by atoms with Crippen LogP contribution in [0.4, 0.5) is 5.69 Å². The van der Waals surface area contributed by atoms with Gasteiger partial charge in [-0.1, -0.05) is 114 Å². The lowest BCUT2D eigenvalue weighted by Gasteiger charge is -2.38. The fourth-order valence-electron chi connectivity index (χ4n) is 5.55. The monoisotopic (exact) mass is 538 g/mol. The van der Waals surface area contributed by atoms with Crippen LogP contribution in [0.25, 0.3) is 0 Å². The average molecular weight is 539 g/mol. The minimum atomic E-state index is -0.445. The molecule has 0 amide bonds. The zero-order chi connectivity index (χ0) is 27.7. The second-order valence-corrected chi connectivity index (χ2v) is 11.4. The first kappa shape index (κ1) is 31.6. The molecule has 2 aromatic carbocycles. The van der Waals surface area contributed by atoms with Gasteiger partial charge in [-0.2, -0.15) is 0 Å². The lowest BCUT2D eigenvalue weighted by Crippen LogP contribution is -2.40. The summed E-state index contributed by atoms with van der Waals surface area (Å²) in [4.78, 5) is 2.65. The van der Waals surface area contributed by atoms with Crippen LogP contribution in [0.5, 0.6) is 0 Å². The van der Waals surface area contributed by atoms with Crippen molar-refractivity contribution in [2.45, 2.75) is 122 Å². The number of benzene rings is 2. The Morgan fingerprint density at radius 1 is 0.769 bits per heavy atom. The molecule has 0 aromatic heterocycles. The van der Waals surface area contributed by atoms with Gasteiger partial charge in [-0.3, -0.25) is 0 Å². The molecule has 0 saturated carbocycles. The number of anilines is 1. The number of unbranched alkanes of at least 4 members (excludes halogenated alkanes) is 10. The first-order chi connectivity index (χ1) is 19.1. The van der Waals surface area contributed by atoms with E-state index in [9.17, 15) is 5.11 Å². The molecule has 1 heterocycles. The van der Waals surface area contributed by atoms with Gasteiger partial charge in [0.05, 0.1) is 18.8 Å². The van der Waals surface area contributed by atoms with Gasteiger partial charge in [-0.15, -0.1) is 0 Å². The molecule has 1 fully saturated rings. The van der Waals surface area contributed by atoms with Gasteiger partial charge in [0.15, 0.2) is 6.29 Å². The standard InChI is InChI=1S/C34H54N2O3/c1-3-5-7-9-11-13-22-36(23-14-12-10-8-6-4-2)26-32-25-33(29-20-18-28(27-37)19-21-29)39-34(38-32)30-16-15-17-31(35)24-30/h15-21,24,32-34,37H,3-14,22-23,25-27,35H2,1-2H3/t32-,33+,34+/m1/s1. The van der Waals surface area contributed by atoms with E-state index in [0.717, 1.165) is 48.4 Å². The number of hydrogen-bond donors (Lipinski definition) is 2. The Hall–Kier alpha value is -1.92. The highest BCUT2D eigenvalue weighted by Crippen LogP contribution is 2.38. The van der Waals surface area contributed by atoms with E-state index in [1.807, 2.05) is 36.4 Å². The third-order valence-electron chi connectivity index (χ3n) is 7.92. The smallest absolute Gasteiger partial charge is 0.185 e. The molecule has 0 aliphatic carbocycles. The molecule has 218 valence electrons. The van der Waals surface area contributed by atoms with Crippen molar-refractivity contribution in [2.24, 2.45) is 0 Å². The second-order valence-electron chi connectivity index (χ2n) is 11.4. The number of aliphatic hydroxyl groups excluding tert-OH is 1. The summed E-state index contributed by atoms with van der Waals surface area (Å²) in [5.41, 5.74) is 9.85. The van der Waals surface area contributed by atoms with Gasteiger partial charge < -0.3 is 25.2 Å². The zero-order valence-electron chi connectivity index (χ0n) is 24.7. The maximum atomic E-state index is 9.49. The molecular weight excluding hydrogens is 484 g/mol. The molecule has 0 spiro atoms. The largest absolute Gasteiger partial charge is 0.399 e. The molecule has 1 saturated heterocycles. The molecule has 3 rings (SSSR count). The maximum absolute atomic E-state index is 9.49. The van der Waals surface area contributed by atoms with Crippen LogP contribution in [0.1, 0.15) is 126 Å². The Balaban J connectivity index is 1.67. The van der Waals surface area contributed by atoms with Crippen molar-refractivity contribution in [1.82, 2.24) is 4.90 Å². The zero-order valence-corrected chi connectivity index (χ0v) is 24.7. The van der Waals surface area contributed by atoms with Gasteiger partial charge in [-0.25, -0.2) is 0 Å². The number of ether oxygens (including phenoxy) is 2. The quantitative estimate of drug-likeness (QED) is 0.139. The van der Waals surface area contributed by atoms with Gasteiger partial charge >= 0.3 is 0 Å². The fourth-order valence-corrected chi connectivity index (χ4v) is 5.55. The Morgan fingerprint density at radius 3 is 1.97 bits per heavy atom. The van der Waals surface area contributed by atoms with Crippen LogP contribution in [0.3, 0.4) is 0 Å². The van der Waals surface area contributed by atoms with Crippen LogP contribution in [-0.4, -0.2) is 35.7 Å². The fraction of sp³-hybridized carbons (Fsp3) is 0.647. The van der Waals surface area contributed by atoms with Crippen molar-refractivity contribution in [3.63, 3.8) is 0 Å². The number of rotatable bonds is 19. The summed E-state index contributed by atoms with van der Waals surface area (Å²) < 4.78 is 13.1. The summed E-state index contributed by atoms with van der Waals surface area (Å²) in [6, 6.07) is 16.0. The number of nitrogens with two attached hydrogens (primary N) is 1. The highest BCUT2D eigenvalue weighted by molar-refractivity contribution is 5.41. The molecule has 5 nitrogen and oxygen atoms in total. The summed E-state index contributed by atoms with van der Waals surface area (Å²) in [6.07, 6.45) is 16.2. The van der Waals surface area contributed by atoms with Gasteiger partial charge in [-0.05, 0) is 49.2 Å². The molecule has 3 atom stereocenters. The molecule has 3 N–H and O–H groups in total. The molecule has 0 bridgehead atoms. The van der Waals surface area contributed by atoms with Crippen LogP contribution in [0.15, 0.2) is 48.5 Å². The van der Waals surface area contributed by atoms with Crippen molar-refractivity contribution in [3.05, 3.63) is 65.2 Å². The van der Waals surface area contributed by atoms with Crippen LogP contribution in [0.2, 0.25) is 0 Å². The van der Waals surface area contributed by atoms with E-state index in [-0.39, 0.29) is 18.8 Å². The summed E-state index contributed by atoms with van der Waals surface area (Å²) in [5, 5.41) is 9.49. The van der Waals surface area contributed by atoms with Crippen molar-refractivity contribution in [2.75, 3.05) is 25.4 Å². The molecular formula is C34H54N2O3. The number of hydrogen-bond acceptors (Lipinski definition) is 5. The summed E-state index contributed by atoms with van der Waals surface area (Å²) in [5.74, 6) is 0. The van der Waals surface area contributed by atoms with E-state index in [4.69, 9.17) is 15.2 Å². The Bertz CT molecular complexity index is 888. The lowest BCUT2D eigenvalue weighted by molar-refractivity contribution is -0.253. The molecule has 1 aliphatic rings. The topological polar surface area (TPSA) is 68.0 Å². The van der Waals surface area contributed by atoms with Crippen LogP contribution < -0.4 is 5.73 Å². The van der Waals surface area contributed by atoms with E-state index < -0.39 is 6.29 Å². The van der Waals surface area contributed by atoms with Gasteiger partial charge in [0, 0.05) is 24.2 Å². The van der Waals surface area contributed by atoms with E-state index in [1.54, 1.807) is 0 Å². The first-order valence-electron chi connectivity index (χ1n) is 15.7. The third kappa shape index (κ3) is 11.6. The van der Waals surface area contributed by atoms with E-state index >= 15 is 0 Å². The number of aliphatic hydroxyl groups is 1. The highest BCUT2D eigenvalue weighted by atomic mass is 16.7. The van der Waals surface area contributed by atoms with Crippen molar-refractivity contribution in [1.29, 1.82) is 0 Å². The van der Waals surface area contributed by atoms with Gasteiger partial charge in [0.2, 0.25) is 0 Å². The molecule has 5 heteroatoms. The van der Waals surface area contributed by atoms with Crippen LogP contribution in [0, 0.1) is 0 Å². The second kappa shape index (κ2) is 18.4. The van der Waals surface area contributed by atoms with Gasteiger partial charge in [0.1, 0.15) is 0 Å². The number of nitrogens with zero attached hydrogens (tertiary/aromatic N) is 1. The molecule has 1 aliphatic heterocycles. The predicted molar refractivity (Wildman–Crippen MR) is 162 cm³/mol. The summed E-state index contributed by atoms with van der Waals surface area (Å²) in [6.45, 7) is 7.82. The first-order valence-corrected chi connectivity index (χ1v) is 15.7. The average Bonchev–Trinajstić information content (AvgIpc) is 2.96. The van der Waals surface area contributed by atoms with Crippen molar-refractivity contribution >= 4 is 5.69 Å². The normalized spacial score (nSPS) is 19.5. The van der Waals surface area contributed by atoms with Crippen LogP contribution in [-0.2, 0) is 16.1 Å². The Kier molecular flexibility index (Phi) is 14.9. The third-order valence-corrected chi connectivity index (χ3v) is 7.92. The molecule has 2 aromatic rings. The maximum Gasteiger partial charge on any atom is 0.185 e. The lowest BCUT2D eigenvalue weighted by atomic mass is 9.99. The molecule has 0 radical (unpaired) electrons. The van der Waals surface area contributed by atoms with Crippen molar-refractivity contribution in [3.8, 4) is 0 Å². The Morgan fingerprint density at radius 2 is 1.38 bits per heavy atom. The SMILES string of the molecule is CCCCCCCCN(CCCCCCCC)C[C@H]1C[C@@H](c2ccc(CO)cc2)O[C@@H](c2cccc(N)c2)O1. The minimum absolute atomic E-state index is 0.0509. The minimum Gasteiger partial charge on any atom is -0.399 e. The summed E-state index contributed by atoms with van der Waals surface area (Å²) in [7, 11) is 0. The number of nitrogen functional groups attached to an aromatic ring is 1. The van der Waals surface area contributed by atoms with E-state index in [2.05, 4.69) is 30.9 Å². The predicted octanol–water partition coefficient (Wildman–Crippen LogP) is 8.33. The van der Waals surface area contributed by atoms with Gasteiger partial charge in [0.25, 0.3) is 0 Å². The van der Waals surface area contributed by atoms with E-state index in [0.29, 0.717) is 0 Å². The Labute approximate surface area is 238 Å². The highest BCUT2D eigenvalue weighted by Gasteiger charge is 2.33. The molecule has 39 heavy (non-hydrogen) atoms.